The predicted molar refractivity (Wildman–Crippen MR) is 150 cm³/mol. The van der Waals surface area contributed by atoms with Crippen molar-refractivity contribution in [3.63, 3.8) is 0 Å². The number of aryl methyl sites for hydroxylation is 1. The van der Waals surface area contributed by atoms with Gasteiger partial charge < -0.3 is 25.4 Å². The average molecular weight is 550 g/mol. The Labute approximate surface area is 229 Å². The number of rotatable bonds is 9. The predicted octanol–water partition coefficient (Wildman–Crippen LogP) is 4.69. The Bertz CT molecular complexity index is 1390. The fraction of sp³-hybridized carbons (Fsp3) is 0.276. The Kier molecular flexibility index (Phi) is 8.98. The van der Waals surface area contributed by atoms with Gasteiger partial charge in [-0.05, 0) is 73.4 Å². The smallest absolute Gasteiger partial charge is 0.335 e. The number of likely N-dealkylation sites (tertiary alicyclic amines) is 1. The number of nitrogens with one attached hydrogen (secondary N) is 2. The Morgan fingerprint density at radius 3 is 2.44 bits per heavy atom. The normalized spacial score (nSPS) is 15.4. The first-order valence-electron chi connectivity index (χ1n) is 12.6. The van der Waals surface area contributed by atoms with E-state index >= 15 is 0 Å². The SMILES string of the molecule is COc1cc(CC(=O)N2CCCC2CS(=O)c2ccc(C(=O)O)cc2)ccc1NC(=O)Nc1ccccc1C. The summed E-state index contributed by atoms with van der Waals surface area (Å²) in [5.41, 5.74) is 2.99. The third kappa shape index (κ3) is 7.02. The number of nitrogens with zero attached hydrogens (tertiary/aromatic N) is 1. The molecule has 0 aromatic heterocycles. The molecular formula is C29H31N3O6S. The fourth-order valence-electron chi connectivity index (χ4n) is 4.57. The maximum absolute atomic E-state index is 13.2. The summed E-state index contributed by atoms with van der Waals surface area (Å²) in [7, 11) is 0.138. The van der Waals surface area contributed by atoms with Crippen LogP contribution in [0.4, 0.5) is 16.2 Å². The molecule has 2 atom stereocenters. The van der Waals surface area contributed by atoms with Crippen LogP contribution in [0.15, 0.2) is 71.6 Å². The van der Waals surface area contributed by atoms with Crippen LogP contribution in [0.5, 0.6) is 5.75 Å². The van der Waals surface area contributed by atoms with Gasteiger partial charge in [-0.2, -0.15) is 0 Å². The van der Waals surface area contributed by atoms with Gasteiger partial charge in [-0.3, -0.25) is 9.00 Å². The number of amides is 3. The van der Waals surface area contributed by atoms with Crippen molar-refractivity contribution < 1.29 is 28.4 Å². The molecule has 3 aromatic rings. The molecule has 1 aliphatic rings. The van der Waals surface area contributed by atoms with Gasteiger partial charge in [0.05, 0.1) is 35.6 Å². The number of benzene rings is 3. The molecule has 39 heavy (non-hydrogen) atoms. The van der Waals surface area contributed by atoms with E-state index in [0.29, 0.717) is 34.3 Å². The van der Waals surface area contributed by atoms with Crippen LogP contribution in [0.1, 0.15) is 34.3 Å². The highest BCUT2D eigenvalue weighted by molar-refractivity contribution is 7.85. The Morgan fingerprint density at radius 2 is 1.74 bits per heavy atom. The van der Waals surface area contributed by atoms with Crippen LogP contribution in [0.3, 0.4) is 0 Å². The maximum atomic E-state index is 13.2. The molecule has 9 nitrogen and oxygen atoms in total. The molecule has 1 fully saturated rings. The Morgan fingerprint density at radius 1 is 1.03 bits per heavy atom. The molecule has 1 aliphatic heterocycles. The molecule has 0 bridgehead atoms. The zero-order valence-corrected chi connectivity index (χ0v) is 22.6. The highest BCUT2D eigenvalue weighted by Crippen LogP contribution is 2.28. The van der Waals surface area contributed by atoms with E-state index in [1.807, 2.05) is 31.2 Å². The number of carbonyl (C=O) groups is 3. The highest BCUT2D eigenvalue weighted by atomic mass is 32.2. The minimum Gasteiger partial charge on any atom is -0.495 e. The fourth-order valence-corrected chi connectivity index (χ4v) is 5.90. The van der Waals surface area contributed by atoms with E-state index in [9.17, 15) is 18.6 Å². The summed E-state index contributed by atoms with van der Waals surface area (Å²) in [6, 6.07) is 18.1. The topological polar surface area (TPSA) is 125 Å². The number of anilines is 2. The summed E-state index contributed by atoms with van der Waals surface area (Å²) in [5.74, 6) is -0.383. The van der Waals surface area contributed by atoms with Crippen LogP contribution >= 0.6 is 0 Å². The summed E-state index contributed by atoms with van der Waals surface area (Å²) < 4.78 is 18.4. The first-order valence-corrected chi connectivity index (χ1v) is 13.9. The third-order valence-electron chi connectivity index (χ3n) is 6.67. The number of hydrogen-bond donors (Lipinski definition) is 3. The van der Waals surface area contributed by atoms with E-state index in [1.54, 1.807) is 35.2 Å². The van der Waals surface area contributed by atoms with Crippen molar-refractivity contribution in [3.8, 4) is 5.75 Å². The number of carbonyl (C=O) groups excluding carboxylic acids is 2. The van der Waals surface area contributed by atoms with E-state index < -0.39 is 22.8 Å². The van der Waals surface area contributed by atoms with Crippen molar-refractivity contribution in [2.45, 2.75) is 37.1 Å². The lowest BCUT2D eigenvalue weighted by molar-refractivity contribution is -0.130. The van der Waals surface area contributed by atoms with Gasteiger partial charge in [0.2, 0.25) is 5.91 Å². The lowest BCUT2D eigenvalue weighted by atomic mass is 10.1. The average Bonchev–Trinajstić information content (AvgIpc) is 3.39. The molecule has 3 amide bonds. The molecule has 0 radical (unpaired) electrons. The molecule has 1 heterocycles. The largest absolute Gasteiger partial charge is 0.495 e. The molecule has 2 unspecified atom stereocenters. The first-order chi connectivity index (χ1) is 18.7. The van der Waals surface area contributed by atoms with Crippen molar-refractivity contribution in [1.29, 1.82) is 0 Å². The van der Waals surface area contributed by atoms with Gasteiger partial charge in [-0.25, -0.2) is 9.59 Å². The van der Waals surface area contributed by atoms with Crippen molar-refractivity contribution in [2.24, 2.45) is 0 Å². The number of methoxy groups -OCH3 is 1. The van der Waals surface area contributed by atoms with Crippen molar-refractivity contribution >= 4 is 40.1 Å². The number of hydrogen-bond acceptors (Lipinski definition) is 5. The molecule has 0 aliphatic carbocycles. The van der Waals surface area contributed by atoms with Crippen molar-refractivity contribution in [1.82, 2.24) is 4.90 Å². The molecular weight excluding hydrogens is 518 g/mol. The standard InChI is InChI=1S/C29H31N3O6S/c1-19-6-3-4-8-24(19)30-29(36)31-25-14-9-20(16-26(25)38-2)17-27(33)32-15-5-7-22(32)18-39(37)23-12-10-21(11-13-23)28(34)35/h3-4,6,8-14,16,22H,5,7,15,17-18H2,1-2H3,(H,34,35)(H2,30,31,36). The maximum Gasteiger partial charge on any atom is 0.335 e. The van der Waals surface area contributed by atoms with E-state index in [0.717, 1.165) is 24.0 Å². The molecule has 3 aromatic carbocycles. The highest BCUT2D eigenvalue weighted by Gasteiger charge is 2.30. The molecule has 204 valence electrons. The van der Waals surface area contributed by atoms with Gasteiger partial charge in [0.25, 0.3) is 0 Å². The number of para-hydroxylation sites is 1. The molecule has 0 spiro atoms. The van der Waals surface area contributed by atoms with Crippen LogP contribution in [0.25, 0.3) is 0 Å². The van der Waals surface area contributed by atoms with Gasteiger partial charge in [0.1, 0.15) is 5.75 Å². The van der Waals surface area contributed by atoms with Crippen molar-refractivity contribution in [3.05, 3.63) is 83.4 Å². The number of ether oxygens (including phenoxy) is 1. The lowest BCUT2D eigenvalue weighted by Crippen LogP contribution is -2.39. The van der Waals surface area contributed by atoms with E-state index in [1.165, 1.54) is 19.2 Å². The second-order valence-electron chi connectivity index (χ2n) is 9.33. The number of urea groups is 1. The molecule has 0 saturated carbocycles. The van der Waals surface area contributed by atoms with E-state index in [-0.39, 0.29) is 23.9 Å². The van der Waals surface area contributed by atoms with Crippen LogP contribution in [-0.2, 0) is 22.0 Å². The molecule has 3 N–H and O–H groups in total. The minimum atomic E-state index is -1.36. The number of carboxylic acid groups (broad SMARTS) is 1. The molecule has 10 heteroatoms. The van der Waals surface area contributed by atoms with Gasteiger partial charge in [0.15, 0.2) is 0 Å². The monoisotopic (exact) mass is 549 g/mol. The summed E-state index contributed by atoms with van der Waals surface area (Å²) in [5, 5.41) is 14.7. The Hall–Kier alpha value is -4.18. The minimum absolute atomic E-state index is 0.0733. The van der Waals surface area contributed by atoms with Gasteiger partial charge in [-0.15, -0.1) is 0 Å². The van der Waals surface area contributed by atoms with Gasteiger partial charge in [0, 0.05) is 28.9 Å². The lowest BCUT2D eigenvalue weighted by Gasteiger charge is -2.25. The second kappa shape index (κ2) is 12.6. The van der Waals surface area contributed by atoms with Gasteiger partial charge in [-0.1, -0.05) is 24.3 Å². The number of carboxylic acids is 1. The summed E-state index contributed by atoms with van der Waals surface area (Å²) >= 11 is 0. The molecule has 4 rings (SSSR count). The van der Waals surface area contributed by atoms with E-state index in [2.05, 4.69) is 10.6 Å². The summed E-state index contributed by atoms with van der Waals surface area (Å²) in [6.45, 7) is 2.50. The van der Waals surface area contributed by atoms with Crippen LogP contribution in [0, 0.1) is 6.92 Å². The second-order valence-corrected chi connectivity index (χ2v) is 10.8. The van der Waals surface area contributed by atoms with Crippen LogP contribution in [0.2, 0.25) is 0 Å². The first kappa shape index (κ1) is 27.8. The quantitative estimate of drug-likeness (QED) is 0.356. The summed E-state index contributed by atoms with van der Waals surface area (Å²) in [6.07, 6.45) is 1.73. The zero-order valence-electron chi connectivity index (χ0n) is 21.8. The number of aromatic carboxylic acids is 1. The zero-order chi connectivity index (χ0) is 27.9. The van der Waals surface area contributed by atoms with E-state index in [4.69, 9.17) is 9.84 Å². The molecule has 1 saturated heterocycles. The summed E-state index contributed by atoms with van der Waals surface area (Å²) in [4.78, 5) is 39.1. The van der Waals surface area contributed by atoms with Gasteiger partial charge >= 0.3 is 12.0 Å². The van der Waals surface area contributed by atoms with Crippen LogP contribution in [-0.4, -0.2) is 57.6 Å². The Balaban J connectivity index is 1.37. The van der Waals surface area contributed by atoms with Crippen LogP contribution < -0.4 is 15.4 Å². The third-order valence-corrected chi connectivity index (χ3v) is 8.15. The van der Waals surface area contributed by atoms with Crippen molar-refractivity contribution in [2.75, 3.05) is 30.0 Å².